The van der Waals surface area contributed by atoms with Crippen LogP contribution in [0.1, 0.15) is 6.04 Å². The van der Waals surface area contributed by atoms with Gasteiger partial charge in [0.2, 0.25) is 0 Å². The van der Waals surface area contributed by atoms with E-state index < -0.39 is 30.5 Å². The van der Waals surface area contributed by atoms with E-state index in [0.29, 0.717) is 13.2 Å². The van der Waals surface area contributed by atoms with E-state index in [2.05, 4.69) is 27.3 Å². The van der Waals surface area contributed by atoms with Crippen molar-refractivity contribution in [1.29, 1.82) is 0 Å². The highest BCUT2D eigenvalue weighted by molar-refractivity contribution is 5.74. The first kappa shape index (κ1) is 14.0. The fourth-order valence-electron chi connectivity index (χ4n) is 2.60. The molecule has 2 aliphatic heterocycles. The highest BCUT2D eigenvalue weighted by Gasteiger charge is 2.51. The van der Waals surface area contributed by atoms with Gasteiger partial charge in [0, 0.05) is 6.54 Å². The molecule has 114 valence electrons. The standard InChI is InChI=1S/C12H17N5O4/c1-2-3-14-12(19)16-8-7-4-20-11(21-7)9(10(8)18)17-6-13-5-15-17/h2,5-11,18H,1,3-4H2,(H2,14,16,19). The Hall–Kier alpha value is -1.97. The van der Waals surface area contributed by atoms with Crippen molar-refractivity contribution in [1.82, 2.24) is 25.4 Å². The molecule has 2 aliphatic rings. The Morgan fingerprint density at radius 1 is 1.62 bits per heavy atom. The molecule has 2 fully saturated rings. The fourth-order valence-corrected chi connectivity index (χ4v) is 2.60. The summed E-state index contributed by atoms with van der Waals surface area (Å²) in [6.07, 6.45) is 2.54. The van der Waals surface area contributed by atoms with E-state index in [1.165, 1.54) is 17.3 Å². The van der Waals surface area contributed by atoms with E-state index in [1.54, 1.807) is 6.08 Å². The number of fused-ring (bicyclic) bond motifs is 2. The summed E-state index contributed by atoms with van der Waals surface area (Å²) in [6, 6.07) is -1.55. The number of carbonyl (C=O) groups is 1. The van der Waals surface area contributed by atoms with Crippen molar-refractivity contribution in [3.05, 3.63) is 25.3 Å². The number of nitrogens with zero attached hydrogens (tertiary/aromatic N) is 3. The predicted octanol–water partition coefficient (Wildman–Crippen LogP) is -1.21. The summed E-state index contributed by atoms with van der Waals surface area (Å²) in [5.41, 5.74) is 0. The average molecular weight is 295 g/mol. The lowest BCUT2D eigenvalue weighted by molar-refractivity contribution is -0.166. The minimum atomic E-state index is -0.896. The van der Waals surface area contributed by atoms with E-state index in [4.69, 9.17) is 9.47 Å². The maximum Gasteiger partial charge on any atom is 0.315 e. The predicted molar refractivity (Wildman–Crippen MR) is 70.2 cm³/mol. The Morgan fingerprint density at radius 2 is 2.48 bits per heavy atom. The number of ether oxygens (including phenoxy) is 2. The summed E-state index contributed by atoms with van der Waals surface area (Å²) < 4.78 is 12.7. The first-order valence-corrected chi connectivity index (χ1v) is 6.65. The van der Waals surface area contributed by atoms with Crippen LogP contribution in [0.15, 0.2) is 25.3 Å². The molecule has 21 heavy (non-hydrogen) atoms. The Kier molecular flexibility index (Phi) is 3.86. The van der Waals surface area contributed by atoms with Gasteiger partial charge in [0.15, 0.2) is 6.29 Å². The smallest absolute Gasteiger partial charge is 0.315 e. The van der Waals surface area contributed by atoms with Crippen molar-refractivity contribution < 1.29 is 19.4 Å². The SMILES string of the molecule is C=CCNC(=O)NC1C2COC(O2)C(n2cncn2)C1O. The van der Waals surface area contributed by atoms with Gasteiger partial charge in [-0.3, -0.25) is 0 Å². The number of aliphatic hydroxyl groups excluding tert-OH is 1. The average Bonchev–Trinajstić information content (AvgIpc) is 3.13. The summed E-state index contributed by atoms with van der Waals surface area (Å²) in [5, 5.41) is 19.9. The van der Waals surface area contributed by atoms with Crippen LogP contribution in [-0.4, -0.2) is 63.6 Å². The Balaban J connectivity index is 1.74. The number of amides is 2. The van der Waals surface area contributed by atoms with Gasteiger partial charge < -0.3 is 25.2 Å². The van der Waals surface area contributed by atoms with Crippen LogP contribution >= 0.6 is 0 Å². The normalized spacial score (nSPS) is 34.4. The van der Waals surface area contributed by atoms with Crippen molar-refractivity contribution >= 4 is 6.03 Å². The van der Waals surface area contributed by atoms with Crippen molar-refractivity contribution in [2.75, 3.05) is 13.2 Å². The molecule has 2 bridgehead atoms. The Morgan fingerprint density at radius 3 is 3.19 bits per heavy atom. The number of carbonyl (C=O) groups excluding carboxylic acids is 1. The highest BCUT2D eigenvalue weighted by atomic mass is 16.7. The van der Waals surface area contributed by atoms with E-state index in [-0.39, 0.29) is 6.10 Å². The number of hydrogen-bond acceptors (Lipinski definition) is 6. The molecule has 0 saturated carbocycles. The van der Waals surface area contributed by atoms with Gasteiger partial charge >= 0.3 is 6.03 Å². The first-order valence-electron chi connectivity index (χ1n) is 6.65. The zero-order chi connectivity index (χ0) is 14.8. The minimum Gasteiger partial charge on any atom is -0.388 e. The number of hydrogen-bond donors (Lipinski definition) is 3. The van der Waals surface area contributed by atoms with Crippen LogP contribution in [0.2, 0.25) is 0 Å². The molecule has 9 nitrogen and oxygen atoms in total. The largest absolute Gasteiger partial charge is 0.388 e. The molecule has 0 spiro atoms. The zero-order valence-corrected chi connectivity index (χ0v) is 11.3. The monoisotopic (exact) mass is 295 g/mol. The highest BCUT2D eigenvalue weighted by Crippen LogP contribution is 2.35. The lowest BCUT2D eigenvalue weighted by atomic mass is 9.96. The molecule has 2 saturated heterocycles. The van der Waals surface area contributed by atoms with Crippen LogP contribution < -0.4 is 10.6 Å². The number of rotatable bonds is 4. The second kappa shape index (κ2) is 5.80. The third kappa shape index (κ3) is 2.62. The molecule has 1 aromatic heterocycles. The van der Waals surface area contributed by atoms with Crippen molar-refractivity contribution in [3.8, 4) is 0 Å². The topological polar surface area (TPSA) is 111 Å². The molecule has 5 atom stereocenters. The molecule has 1 aromatic rings. The zero-order valence-electron chi connectivity index (χ0n) is 11.3. The molecular formula is C12H17N5O4. The van der Waals surface area contributed by atoms with E-state index in [9.17, 15) is 9.90 Å². The number of aliphatic hydroxyl groups is 1. The molecule has 3 N–H and O–H groups in total. The van der Waals surface area contributed by atoms with E-state index in [0.717, 1.165) is 0 Å². The second-order valence-corrected chi connectivity index (χ2v) is 4.90. The van der Waals surface area contributed by atoms with Gasteiger partial charge in [0.25, 0.3) is 0 Å². The van der Waals surface area contributed by atoms with Crippen LogP contribution in [0.25, 0.3) is 0 Å². The van der Waals surface area contributed by atoms with Gasteiger partial charge in [-0.2, -0.15) is 5.10 Å². The first-order chi connectivity index (χ1) is 10.2. The van der Waals surface area contributed by atoms with E-state index >= 15 is 0 Å². The van der Waals surface area contributed by atoms with Gasteiger partial charge in [0.1, 0.15) is 30.9 Å². The van der Waals surface area contributed by atoms with Crippen molar-refractivity contribution in [2.24, 2.45) is 0 Å². The van der Waals surface area contributed by atoms with Crippen molar-refractivity contribution in [3.63, 3.8) is 0 Å². The molecule has 9 heteroatoms. The molecule has 0 aliphatic carbocycles. The van der Waals surface area contributed by atoms with Gasteiger partial charge in [-0.1, -0.05) is 6.08 Å². The third-order valence-corrected chi connectivity index (χ3v) is 3.58. The van der Waals surface area contributed by atoms with Gasteiger partial charge in [-0.15, -0.1) is 6.58 Å². The van der Waals surface area contributed by atoms with Crippen LogP contribution in [0.3, 0.4) is 0 Å². The summed E-state index contributed by atoms with van der Waals surface area (Å²) >= 11 is 0. The number of urea groups is 1. The summed E-state index contributed by atoms with van der Waals surface area (Å²) in [5.74, 6) is 0. The second-order valence-electron chi connectivity index (χ2n) is 4.90. The van der Waals surface area contributed by atoms with Gasteiger partial charge in [-0.25, -0.2) is 14.5 Å². The molecule has 5 unspecified atom stereocenters. The molecular weight excluding hydrogens is 278 g/mol. The summed E-state index contributed by atoms with van der Waals surface area (Å²) in [4.78, 5) is 15.6. The van der Waals surface area contributed by atoms with Crippen LogP contribution in [-0.2, 0) is 9.47 Å². The van der Waals surface area contributed by atoms with Crippen LogP contribution in [0, 0.1) is 0 Å². The van der Waals surface area contributed by atoms with Gasteiger partial charge in [0.05, 0.1) is 12.6 Å². The lowest BCUT2D eigenvalue weighted by Crippen LogP contribution is -2.60. The number of nitrogens with one attached hydrogen (secondary N) is 2. The van der Waals surface area contributed by atoms with Crippen LogP contribution in [0.4, 0.5) is 4.79 Å². The molecule has 3 heterocycles. The van der Waals surface area contributed by atoms with Crippen molar-refractivity contribution in [2.45, 2.75) is 30.6 Å². The summed E-state index contributed by atoms with van der Waals surface area (Å²) in [7, 11) is 0. The van der Waals surface area contributed by atoms with Crippen LogP contribution in [0.5, 0.6) is 0 Å². The fraction of sp³-hybridized carbons (Fsp3) is 0.583. The Bertz CT molecular complexity index is 508. The molecule has 3 rings (SSSR count). The number of aromatic nitrogens is 3. The maximum absolute atomic E-state index is 11.8. The minimum absolute atomic E-state index is 0.305. The van der Waals surface area contributed by atoms with Gasteiger partial charge in [-0.05, 0) is 0 Å². The van der Waals surface area contributed by atoms with E-state index in [1.807, 2.05) is 0 Å². The Labute approximate surface area is 120 Å². The molecule has 2 amide bonds. The molecule has 0 radical (unpaired) electrons. The molecule has 0 aromatic carbocycles. The summed E-state index contributed by atoms with van der Waals surface area (Å²) in [6.45, 7) is 4.17. The quantitative estimate of drug-likeness (QED) is 0.601. The lowest BCUT2D eigenvalue weighted by Gasteiger charge is -2.38. The maximum atomic E-state index is 11.8. The third-order valence-electron chi connectivity index (χ3n) is 3.58.